The molecule has 9 heteroatoms. The number of hydrogen-bond donors (Lipinski definition) is 1. The average Bonchev–Trinajstić information content (AvgIpc) is 3.26. The van der Waals surface area contributed by atoms with E-state index in [1.807, 2.05) is 6.07 Å². The van der Waals surface area contributed by atoms with Crippen molar-refractivity contribution < 1.29 is 14.7 Å². The first kappa shape index (κ1) is 16.5. The van der Waals surface area contributed by atoms with Crippen molar-refractivity contribution in [3.05, 3.63) is 59.4 Å². The highest BCUT2D eigenvalue weighted by Crippen LogP contribution is 2.33. The molecule has 1 fully saturated rings. The molecule has 8 nitrogen and oxygen atoms in total. The normalized spacial score (nSPS) is 19.8. The van der Waals surface area contributed by atoms with E-state index in [0.717, 1.165) is 5.56 Å². The van der Waals surface area contributed by atoms with E-state index in [9.17, 15) is 14.7 Å². The highest BCUT2D eigenvalue weighted by Gasteiger charge is 2.41. The Hall–Kier alpha value is -3.00. The van der Waals surface area contributed by atoms with Crippen LogP contribution >= 0.6 is 11.6 Å². The molecule has 0 aromatic carbocycles. The van der Waals surface area contributed by atoms with Crippen LogP contribution in [0.1, 0.15) is 22.0 Å². The van der Waals surface area contributed by atoms with E-state index in [1.165, 1.54) is 11.1 Å². The second kappa shape index (κ2) is 6.38. The molecule has 1 saturated heterocycles. The van der Waals surface area contributed by atoms with Crippen molar-refractivity contribution in [2.75, 3.05) is 13.1 Å². The van der Waals surface area contributed by atoms with Crippen molar-refractivity contribution in [3.63, 3.8) is 0 Å². The standard InChI is InChI=1S/C17H14ClN5O3/c18-11-5-20-17-21-14(9-23(17)6-11)15(24)22-7-12(13(8-22)16(25)26)10-2-1-3-19-4-10/h1-6,9,12-13H,7-8H2,(H,25,26)/t12-,13+/m0/s1. The quantitative estimate of drug-likeness (QED) is 0.752. The molecule has 0 unspecified atom stereocenters. The zero-order chi connectivity index (χ0) is 18.3. The van der Waals surface area contributed by atoms with E-state index in [-0.39, 0.29) is 24.1 Å². The topological polar surface area (TPSA) is 101 Å². The van der Waals surface area contributed by atoms with Crippen molar-refractivity contribution in [1.82, 2.24) is 24.3 Å². The molecule has 0 bridgehead atoms. The Bertz CT molecular complexity index is 990. The number of halogens is 1. The number of likely N-dealkylation sites (tertiary alicyclic amines) is 1. The number of pyridine rings is 1. The molecule has 3 aromatic heterocycles. The minimum atomic E-state index is -0.933. The Kier molecular flexibility index (Phi) is 4.04. The summed E-state index contributed by atoms with van der Waals surface area (Å²) in [5.74, 6) is -1.90. The largest absolute Gasteiger partial charge is 0.481 e. The molecule has 132 valence electrons. The molecule has 1 amide bonds. The lowest BCUT2D eigenvalue weighted by Crippen LogP contribution is -2.30. The molecule has 1 aliphatic rings. The highest BCUT2D eigenvalue weighted by atomic mass is 35.5. The van der Waals surface area contributed by atoms with Crippen molar-refractivity contribution in [1.29, 1.82) is 0 Å². The highest BCUT2D eigenvalue weighted by molar-refractivity contribution is 6.30. The number of rotatable bonds is 3. The first-order valence-electron chi connectivity index (χ1n) is 7.95. The molecule has 0 radical (unpaired) electrons. The van der Waals surface area contributed by atoms with Crippen molar-refractivity contribution in [2.24, 2.45) is 5.92 Å². The Morgan fingerprint density at radius 2 is 2.08 bits per heavy atom. The van der Waals surface area contributed by atoms with Crippen LogP contribution in [0.3, 0.4) is 0 Å². The van der Waals surface area contributed by atoms with Gasteiger partial charge in [-0.25, -0.2) is 9.97 Å². The number of aliphatic carboxylic acids is 1. The molecule has 3 aromatic rings. The van der Waals surface area contributed by atoms with Crippen LogP contribution in [0.25, 0.3) is 5.78 Å². The number of nitrogens with zero attached hydrogens (tertiary/aromatic N) is 5. The summed E-state index contributed by atoms with van der Waals surface area (Å²) in [6, 6.07) is 3.59. The minimum absolute atomic E-state index is 0.121. The molecule has 26 heavy (non-hydrogen) atoms. The summed E-state index contributed by atoms with van der Waals surface area (Å²) in [5.41, 5.74) is 1.01. The molecule has 1 aliphatic heterocycles. The Balaban J connectivity index is 1.62. The van der Waals surface area contributed by atoms with Crippen LogP contribution in [0.15, 0.2) is 43.1 Å². The third kappa shape index (κ3) is 2.88. The average molecular weight is 372 g/mol. The molecule has 0 saturated carbocycles. The summed E-state index contributed by atoms with van der Waals surface area (Å²) in [6.07, 6.45) is 7.88. The molecule has 1 N–H and O–H groups in total. The lowest BCUT2D eigenvalue weighted by molar-refractivity contribution is -0.141. The van der Waals surface area contributed by atoms with Crippen LogP contribution in [0.4, 0.5) is 0 Å². The first-order chi connectivity index (χ1) is 12.5. The minimum Gasteiger partial charge on any atom is -0.481 e. The molecular formula is C17H14ClN5O3. The zero-order valence-corrected chi connectivity index (χ0v) is 14.2. The van der Waals surface area contributed by atoms with Crippen LogP contribution in [-0.2, 0) is 4.79 Å². The number of carbonyl (C=O) groups is 2. The van der Waals surface area contributed by atoms with Crippen LogP contribution in [-0.4, -0.2) is 54.3 Å². The molecule has 0 aliphatic carbocycles. The van der Waals surface area contributed by atoms with Crippen LogP contribution in [0.5, 0.6) is 0 Å². The van der Waals surface area contributed by atoms with Gasteiger partial charge in [-0.3, -0.25) is 19.0 Å². The number of fused-ring (bicyclic) bond motifs is 1. The van der Waals surface area contributed by atoms with Gasteiger partial charge < -0.3 is 10.0 Å². The monoisotopic (exact) mass is 371 g/mol. The number of amides is 1. The van der Waals surface area contributed by atoms with Gasteiger partial charge in [0.15, 0.2) is 0 Å². The van der Waals surface area contributed by atoms with Gasteiger partial charge in [0.2, 0.25) is 5.78 Å². The number of aromatic nitrogens is 4. The zero-order valence-electron chi connectivity index (χ0n) is 13.5. The molecular weight excluding hydrogens is 358 g/mol. The maximum atomic E-state index is 12.8. The third-order valence-corrected chi connectivity index (χ3v) is 4.73. The van der Waals surface area contributed by atoms with Gasteiger partial charge in [0.1, 0.15) is 5.69 Å². The van der Waals surface area contributed by atoms with Gasteiger partial charge in [-0.2, -0.15) is 0 Å². The summed E-state index contributed by atoms with van der Waals surface area (Å²) in [5, 5.41) is 9.99. The number of carboxylic acids is 1. The fourth-order valence-corrected chi connectivity index (χ4v) is 3.43. The Morgan fingerprint density at radius 3 is 2.81 bits per heavy atom. The van der Waals surface area contributed by atoms with Crippen molar-refractivity contribution in [3.8, 4) is 0 Å². The maximum Gasteiger partial charge on any atom is 0.308 e. The fourth-order valence-electron chi connectivity index (χ4n) is 3.28. The summed E-state index contributed by atoms with van der Waals surface area (Å²) in [6.45, 7) is 0.416. The second-order valence-corrected chi connectivity index (χ2v) is 6.59. The van der Waals surface area contributed by atoms with E-state index in [2.05, 4.69) is 15.0 Å². The second-order valence-electron chi connectivity index (χ2n) is 6.15. The van der Waals surface area contributed by atoms with Gasteiger partial charge in [0, 0.05) is 43.8 Å². The molecule has 4 heterocycles. The Labute approximate surface area is 153 Å². The SMILES string of the molecule is O=C(O)[C@@H]1CN(C(=O)c2cn3cc(Cl)cnc3n2)C[C@H]1c1cccnc1. The van der Waals surface area contributed by atoms with E-state index < -0.39 is 11.9 Å². The van der Waals surface area contributed by atoms with E-state index >= 15 is 0 Å². The van der Waals surface area contributed by atoms with E-state index in [0.29, 0.717) is 17.3 Å². The van der Waals surface area contributed by atoms with Gasteiger partial charge in [-0.1, -0.05) is 17.7 Å². The van der Waals surface area contributed by atoms with E-state index in [4.69, 9.17) is 11.6 Å². The summed E-state index contributed by atoms with van der Waals surface area (Å²) in [7, 11) is 0. The third-order valence-electron chi connectivity index (χ3n) is 4.53. The molecule has 4 rings (SSSR count). The summed E-state index contributed by atoms with van der Waals surface area (Å²) < 4.78 is 1.57. The Morgan fingerprint density at radius 1 is 1.23 bits per heavy atom. The number of carbonyl (C=O) groups excluding carboxylic acids is 1. The van der Waals surface area contributed by atoms with Gasteiger partial charge >= 0.3 is 5.97 Å². The van der Waals surface area contributed by atoms with Crippen LogP contribution in [0, 0.1) is 5.92 Å². The lowest BCUT2D eigenvalue weighted by atomic mass is 9.90. The summed E-state index contributed by atoms with van der Waals surface area (Å²) in [4.78, 5) is 38.3. The van der Waals surface area contributed by atoms with Gasteiger partial charge in [-0.15, -0.1) is 0 Å². The maximum absolute atomic E-state index is 12.8. The first-order valence-corrected chi connectivity index (χ1v) is 8.33. The number of imidazole rings is 1. The number of carboxylic acid groups (broad SMARTS) is 1. The lowest BCUT2D eigenvalue weighted by Gasteiger charge is -2.15. The molecule has 0 spiro atoms. The number of hydrogen-bond acceptors (Lipinski definition) is 5. The smallest absolute Gasteiger partial charge is 0.308 e. The van der Waals surface area contributed by atoms with E-state index in [1.54, 1.807) is 35.3 Å². The van der Waals surface area contributed by atoms with Crippen molar-refractivity contribution >= 4 is 29.3 Å². The van der Waals surface area contributed by atoms with Gasteiger partial charge in [0.05, 0.1) is 17.1 Å². The summed E-state index contributed by atoms with van der Waals surface area (Å²) >= 11 is 5.90. The van der Waals surface area contributed by atoms with Gasteiger partial charge in [0.25, 0.3) is 5.91 Å². The van der Waals surface area contributed by atoms with Crippen LogP contribution < -0.4 is 0 Å². The molecule has 2 atom stereocenters. The predicted octanol–water partition coefficient (Wildman–Crippen LogP) is 1.72. The fraction of sp³-hybridized carbons (Fsp3) is 0.235. The van der Waals surface area contributed by atoms with Gasteiger partial charge in [-0.05, 0) is 11.6 Å². The predicted molar refractivity (Wildman–Crippen MR) is 92.0 cm³/mol. The van der Waals surface area contributed by atoms with Crippen molar-refractivity contribution in [2.45, 2.75) is 5.92 Å². The van der Waals surface area contributed by atoms with Crippen LogP contribution in [0.2, 0.25) is 5.02 Å².